The van der Waals surface area contributed by atoms with Gasteiger partial charge in [0.2, 0.25) is 0 Å². The summed E-state index contributed by atoms with van der Waals surface area (Å²) in [4.78, 5) is 5.92. The van der Waals surface area contributed by atoms with E-state index in [0.717, 1.165) is 12.5 Å². The third-order valence-corrected chi connectivity index (χ3v) is 2.94. The highest BCUT2D eigenvalue weighted by Crippen LogP contribution is 2.30. The van der Waals surface area contributed by atoms with Crippen molar-refractivity contribution in [3.05, 3.63) is 24.2 Å². The van der Waals surface area contributed by atoms with E-state index in [1.54, 1.807) is 11.9 Å². The third kappa shape index (κ3) is 3.01. The molecule has 20 heavy (non-hydrogen) atoms. The van der Waals surface area contributed by atoms with Gasteiger partial charge in [-0.05, 0) is 13.3 Å². The largest absolute Gasteiger partial charge is 0.435 e. The van der Waals surface area contributed by atoms with Gasteiger partial charge in [0.15, 0.2) is 11.5 Å². The van der Waals surface area contributed by atoms with Crippen LogP contribution in [0.4, 0.5) is 19.0 Å². The lowest BCUT2D eigenvalue weighted by Crippen LogP contribution is -2.26. The van der Waals surface area contributed by atoms with Crippen LogP contribution in [0.3, 0.4) is 0 Å². The minimum absolute atomic E-state index is 0.0211. The highest BCUT2D eigenvalue weighted by Gasteiger charge is 2.34. The molecular weight excluding hydrogens is 271 g/mol. The monoisotopic (exact) mass is 287 g/mol. The van der Waals surface area contributed by atoms with Crippen molar-refractivity contribution in [2.24, 2.45) is 5.73 Å². The zero-order chi connectivity index (χ0) is 14.9. The minimum Gasteiger partial charge on any atom is -0.358 e. The summed E-state index contributed by atoms with van der Waals surface area (Å²) >= 11 is 0. The molecule has 0 aliphatic heterocycles. The third-order valence-electron chi connectivity index (χ3n) is 2.94. The second-order valence-electron chi connectivity index (χ2n) is 4.80. The fourth-order valence-corrected chi connectivity index (χ4v) is 1.84. The first-order valence-electron chi connectivity index (χ1n) is 6.17. The van der Waals surface area contributed by atoms with Gasteiger partial charge in [0, 0.05) is 38.1 Å². The molecule has 0 saturated carbocycles. The molecule has 0 aliphatic rings. The highest BCUT2D eigenvalue weighted by molar-refractivity contribution is 5.68. The molecule has 1 atom stereocenters. The Labute approximate surface area is 114 Å². The molecule has 1 unspecified atom stereocenters. The van der Waals surface area contributed by atoms with Gasteiger partial charge in [-0.2, -0.15) is 18.3 Å². The number of hydrogen-bond acceptors (Lipinski definition) is 4. The molecule has 2 rings (SSSR count). The predicted molar refractivity (Wildman–Crippen MR) is 69.5 cm³/mol. The zero-order valence-corrected chi connectivity index (χ0v) is 11.2. The summed E-state index contributed by atoms with van der Waals surface area (Å²) in [7, 11) is 1.77. The summed E-state index contributed by atoms with van der Waals surface area (Å²) in [6.07, 6.45) is -0.918. The number of aromatic nitrogens is 3. The molecule has 5 nitrogen and oxygen atoms in total. The van der Waals surface area contributed by atoms with E-state index in [1.807, 2.05) is 6.92 Å². The van der Waals surface area contributed by atoms with Gasteiger partial charge < -0.3 is 10.6 Å². The SMILES string of the molecule is CC(N)CCN(C)c1nccn2nc(C(F)(F)F)cc12. The average Bonchev–Trinajstić information content (AvgIpc) is 2.79. The first kappa shape index (κ1) is 14.6. The van der Waals surface area contributed by atoms with Crippen LogP contribution in [0.5, 0.6) is 0 Å². The van der Waals surface area contributed by atoms with Gasteiger partial charge in [-0.25, -0.2) is 9.50 Å². The van der Waals surface area contributed by atoms with Crippen molar-refractivity contribution in [2.75, 3.05) is 18.5 Å². The van der Waals surface area contributed by atoms with Gasteiger partial charge in [0.05, 0.1) is 0 Å². The lowest BCUT2D eigenvalue weighted by molar-refractivity contribution is -0.141. The first-order valence-corrected chi connectivity index (χ1v) is 6.17. The molecule has 0 saturated heterocycles. The molecule has 0 radical (unpaired) electrons. The van der Waals surface area contributed by atoms with E-state index in [2.05, 4.69) is 10.1 Å². The van der Waals surface area contributed by atoms with Crippen molar-refractivity contribution in [3.8, 4) is 0 Å². The number of rotatable bonds is 4. The Bertz CT molecular complexity index is 590. The first-order chi connectivity index (χ1) is 9.29. The molecule has 2 aromatic heterocycles. The summed E-state index contributed by atoms with van der Waals surface area (Å²) in [5.74, 6) is 0.455. The van der Waals surface area contributed by atoms with E-state index in [4.69, 9.17) is 5.73 Å². The van der Waals surface area contributed by atoms with Crippen LogP contribution in [0.1, 0.15) is 19.0 Å². The summed E-state index contributed by atoms with van der Waals surface area (Å²) in [6, 6.07) is 1.03. The number of nitrogens with two attached hydrogens (primary N) is 1. The van der Waals surface area contributed by atoms with Gasteiger partial charge in [-0.15, -0.1) is 0 Å². The van der Waals surface area contributed by atoms with E-state index >= 15 is 0 Å². The highest BCUT2D eigenvalue weighted by atomic mass is 19.4. The van der Waals surface area contributed by atoms with Crippen LogP contribution in [0.2, 0.25) is 0 Å². The number of fused-ring (bicyclic) bond motifs is 1. The van der Waals surface area contributed by atoms with E-state index in [9.17, 15) is 13.2 Å². The summed E-state index contributed by atoms with van der Waals surface area (Å²) < 4.78 is 39.2. The molecule has 8 heteroatoms. The number of nitrogens with zero attached hydrogens (tertiary/aromatic N) is 4. The Morgan fingerprint density at radius 3 is 2.75 bits per heavy atom. The lowest BCUT2D eigenvalue weighted by atomic mass is 10.2. The fourth-order valence-electron chi connectivity index (χ4n) is 1.84. The maximum absolute atomic E-state index is 12.7. The Morgan fingerprint density at radius 1 is 1.45 bits per heavy atom. The number of anilines is 1. The summed E-state index contributed by atoms with van der Waals surface area (Å²) in [5, 5.41) is 3.52. The van der Waals surface area contributed by atoms with Crippen LogP contribution in [0.25, 0.3) is 5.52 Å². The lowest BCUT2D eigenvalue weighted by Gasteiger charge is -2.19. The van der Waals surface area contributed by atoms with E-state index in [1.165, 1.54) is 16.9 Å². The van der Waals surface area contributed by atoms with Crippen LogP contribution in [-0.2, 0) is 6.18 Å². The molecule has 2 aromatic rings. The summed E-state index contributed by atoms with van der Waals surface area (Å²) in [6.45, 7) is 2.49. The molecule has 2 N–H and O–H groups in total. The van der Waals surface area contributed by atoms with Gasteiger partial charge >= 0.3 is 6.18 Å². The van der Waals surface area contributed by atoms with Crippen molar-refractivity contribution < 1.29 is 13.2 Å². The minimum atomic E-state index is -4.46. The molecule has 0 fully saturated rings. The molecule has 0 amide bonds. The zero-order valence-electron chi connectivity index (χ0n) is 11.2. The molecule has 0 aromatic carbocycles. The van der Waals surface area contributed by atoms with Crippen LogP contribution >= 0.6 is 0 Å². The molecule has 110 valence electrons. The van der Waals surface area contributed by atoms with Crippen molar-refractivity contribution in [1.29, 1.82) is 0 Å². The van der Waals surface area contributed by atoms with E-state index in [-0.39, 0.29) is 6.04 Å². The second-order valence-corrected chi connectivity index (χ2v) is 4.80. The molecule has 2 heterocycles. The molecule has 0 aliphatic carbocycles. The van der Waals surface area contributed by atoms with Crippen LogP contribution in [0.15, 0.2) is 18.5 Å². The van der Waals surface area contributed by atoms with Crippen molar-refractivity contribution in [3.63, 3.8) is 0 Å². The standard InChI is InChI=1S/C12H16F3N5/c1-8(16)3-5-19(2)11-9-7-10(12(13,14)15)18-20(9)6-4-17-11/h4,6-8H,3,5,16H2,1-2H3. The van der Waals surface area contributed by atoms with Gasteiger partial charge in [0.25, 0.3) is 0 Å². The molecule has 0 spiro atoms. The smallest absolute Gasteiger partial charge is 0.358 e. The summed E-state index contributed by atoms with van der Waals surface area (Å²) in [5.41, 5.74) is 5.08. The van der Waals surface area contributed by atoms with Crippen molar-refractivity contribution in [1.82, 2.24) is 14.6 Å². The Morgan fingerprint density at radius 2 is 2.15 bits per heavy atom. The van der Waals surface area contributed by atoms with Crippen molar-refractivity contribution in [2.45, 2.75) is 25.6 Å². The maximum Gasteiger partial charge on any atom is 0.435 e. The van der Waals surface area contributed by atoms with E-state index < -0.39 is 11.9 Å². The van der Waals surface area contributed by atoms with E-state index in [0.29, 0.717) is 17.9 Å². The molecule has 0 bridgehead atoms. The number of halogens is 3. The van der Waals surface area contributed by atoms with Crippen molar-refractivity contribution >= 4 is 11.3 Å². The van der Waals surface area contributed by atoms with Gasteiger partial charge in [-0.3, -0.25) is 0 Å². The fraction of sp³-hybridized carbons (Fsp3) is 0.500. The normalized spacial score (nSPS) is 13.7. The van der Waals surface area contributed by atoms with Gasteiger partial charge in [0.1, 0.15) is 5.52 Å². The second kappa shape index (κ2) is 5.28. The topological polar surface area (TPSA) is 59.5 Å². The van der Waals surface area contributed by atoms with Crippen LogP contribution in [-0.4, -0.2) is 34.2 Å². The van der Waals surface area contributed by atoms with Crippen LogP contribution < -0.4 is 10.6 Å². The predicted octanol–water partition coefficient (Wildman–Crippen LogP) is 1.92. The number of alkyl halides is 3. The maximum atomic E-state index is 12.7. The molecular formula is C12H16F3N5. The Kier molecular flexibility index (Phi) is 3.85. The van der Waals surface area contributed by atoms with Crippen LogP contribution in [0, 0.1) is 0 Å². The Balaban J connectivity index is 2.36. The average molecular weight is 287 g/mol. The van der Waals surface area contributed by atoms with Gasteiger partial charge in [-0.1, -0.05) is 0 Å². The number of hydrogen-bond donors (Lipinski definition) is 1. The quantitative estimate of drug-likeness (QED) is 0.933. The Hall–Kier alpha value is -1.83.